The molecule has 1 nitrogen and oxygen atoms in total. The van der Waals surface area contributed by atoms with E-state index in [1.165, 1.54) is 24.2 Å². The fraction of sp³-hybridized carbons (Fsp3) is 0.571. The quantitative estimate of drug-likeness (QED) is 0.680. The lowest BCUT2D eigenvalue weighted by Crippen LogP contribution is -2.12. The summed E-state index contributed by atoms with van der Waals surface area (Å²) >= 11 is 0. The molecule has 1 aromatic rings. The maximum Gasteiger partial charge on any atom is 0.00237 e. The predicted molar refractivity (Wildman–Crippen MR) is 63.4 cm³/mol. The number of fused-ring (bicyclic) bond motifs is 3. The average Bonchev–Trinajstić information content (AvgIpc) is 2.75. The molecule has 3 rings (SSSR count). The molecule has 1 heterocycles. The molecule has 1 saturated heterocycles. The first-order chi connectivity index (χ1) is 7.18. The van der Waals surface area contributed by atoms with Crippen LogP contribution in [0.1, 0.15) is 41.0 Å². The Bertz CT molecular complexity index is 408. The lowest BCUT2D eigenvalue weighted by molar-refractivity contribution is 0.487. The second-order valence-electron chi connectivity index (χ2n) is 5.28. The lowest BCUT2D eigenvalue weighted by atomic mass is 9.91. The van der Waals surface area contributed by atoms with E-state index in [4.69, 9.17) is 0 Å². The van der Waals surface area contributed by atoms with Crippen LogP contribution < -0.4 is 5.32 Å². The molecule has 0 amide bonds. The molecule has 15 heavy (non-hydrogen) atoms. The fourth-order valence-corrected chi connectivity index (χ4v) is 3.37. The van der Waals surface area contributed by atoms with Crippen LogP contribution in [-0.2, 0) is 0 Å². The van der Waals surface area contributed by atoms with Gasteiger partial charge in [0.15, 0.2) is 0 Å². The van der Waals surface area contributed by atoms with Crippen molar-refractivity contribution in [2.45, 2.75) is 32.6 Å². The van der Waals surface area contributed by atoms with Gasteiger partial charge in [0.25, 0.3) is 0 Å². The summed E-state index contributed by atoms with van der Waals surface area (Å²) in [6.07, 6.45) is 0. The van der Waals surface area contributed by atoms with Gasteiger partial charge in [0.2, 0.25) is 0 Å². The van der Waals surface area contributed by atoms with E-state index in [0.29, 0.717) is 0 Å². The van der Waals surface area contributed by atoms with Crippen molar-refractivity contribution in [3.63, 3.8) is 0 Å². The van der Waals surface area contributed by atoms with Gasteiger partial charge < -0.3 is 5.32 Å². The summed E-state index contributed by atoms with van der Waals surface area (Å²) in [4.78, 5) is 0. The molecule has 1 aliphatic heterocycles. The molecule has 1 fully saturated rings. The van der Waals surface area contributed by atoms with Crippen LogP contribution >= 0.6 is 0 Å². The van der Waals surface area contributed by atoms with Crippen LogP contribution in [0, 0.1) is 19.8 Å². The predicted octanol–water partition coefficient (Wildman–Crippen LogP) is 2.72. The smallest absolute Gasteiger partial charge is 0.00237 e. The first kappa shape index (κ1) is 9.41. The van der Waals surface area contributed by atoms with Gasteiger partial charge in [0.1, 0.15) is 0 Å². The number of hydrogen-bond acceptors (Lipinski definition) is 1. The first-order valence-electron chi connectivity index (χ1n) is 6.00. The van der Waals surface area contributed by atoms with Gasteiger partial charge in [-0.15, -0.1) is 0 Å². The molecule has 3 unspecified atom stereocenters. The van der Waals surface area contributed by atoms with E-state index in [1.54, 1.807) is 11.1 Å². The zero-order valence-electron chi connectivity index (χ0n) is 9.80. The van der Waals surface area contributed by atoms with Crippen molar-refractivity contribution in [2.75, 3.05) is 13.1 Å². The summed E-state index contributed by atoms with van der Waals surface area (Å²) in [6, 6.07) is 4.85. The Morgan fingerprint density at radius 2 is 1.73 bits per heavy atom. The third-order valence-corrected chi connectivity index (χ3v) is 4.49. The van der Waals surface area contributed by atoms with Gasteiger partial charge in [-0.25, -0.2) is 0 Å². The van der Waals surface area contributed by atoms with Crippen molar-refractivity contribution in [2.24, 2.45) is 5.92 Å². The fourth-order valence-electron chi connectivity index (χ4n) is 3.37. The SMILES string of the molecule is Cc1cc2c(cc1C)C1CNCC1C2C. The number of nitrogens with one attached hydrogen (secondary N) is 1. The van der Waals surface area contributed by atoms with Crippen LogP contribution in [0.25, 0.3) is 0 Å². The second-order valence-corrected chi connectivity index (χ2v) is 5.28. The molecule has 1 N–H and O–H groups in total. The third kappa shape index (κ3) is 1.19. The number of benzene rings is 1. The Hall–Kier alpha value is -0.820. The Morgan fingerprint density at radius 3 is 2.47 bits per heavy atom. The monoisotopic (exact) mass is 201 g/mol. The maximum absolute atomic E-state index is 3.53. The highest BCUT2D eigenvalue weighted by Gasteiger charge is 2.41. The molecule has 80 valence electrons. The van der Waals surface area contributed by atoms with Gasteiger partial charge in [-0.1, -0.05) is 19.1 Å². The van der Waals surface area contributed by atoms with Crippen LogP contribution in [0.15, 0.2) is 12.1 Å². The van der Waals surface area contributed by atoms with E-state index in [-0.39, 0.29) is 0 Å². The molecule has 2 aliphatic rings. The average molecular weight is 201 g/mol. The summed E-state index contributed by atoms with van der Waals surface area (Å²) in [5.41, 5.74) is 6.15. The van der Waals surface area contributed by atoms with Gasteiger partial charge in [0, 0.05) is 12.5 Å². The summed E-state index contributed by atoms with van der Waals surface area (Å²) in [5.74, 6) is 2.38. The van der Waals surface area contributed by atoms with E-state index < -0.39 is 0 Å². The molecule has 0 aromatic heterocycles. The van der Waals surface area contributed by atoms with Crippen molar-refractivity contribution in [1.82, 2.24) is 5.32 Å². The molecular weight excluding hydrogens is 182 g/mol. The van der Waals surface area contributed by atoms with Gasteiger partial charge >= 0.3 is 0 Å². The highest BCUT2D eigenvalue weighted by Crippen LogP contribution is 2.48. The third-order valence-electron chi connectivity index (χ3n) is 4.49. The topological polar surface area (TPSA) is 12.0 Å². The lowest BCUT2D eigenvalue weighted by Gasteiger charge is -2.12. The van der Waals surface area contributed by atoms with E-state index in [2.05, 4.69) is 38.2 Å². The Kier molecular flexibility index (Phi) is 1.93. The van der Waals surface area contributed by atoms with Crippen LogP contribution in [0.3, 0.4) is 0 Å². The number of rotatable bonds is 0. The van der Waals surface area contributed by atoms with Crippen LogP contribution in [-0.4, -0.2) is 13.1 Å². The van der Waals surface area contributed by atoms with E-state index in [9.17, 15) is 0 Å². The number of hydrogen-bond donors (Lipinski definition) is 1. The van der Waals surface area contributed by atoms with Crippen LogP contribution in [0.5, 0.6) is 0 Å². The van der Waals surface area contributed by atoms with Crippen LogP contribution in [0.2, 0.25) is 0 Å². The molecule has 0 spiro atoms. The Labute approximate surface area is 91.9 Å². The Morgan fingerprint density at radius 1 is 1.07 bits per heavy atom. The molecule has 3 atom stereocenters. The van der Waals surface area contributed by atoms with Crippen LogP contribution in [0.4, 0.5) is 0 Å². The minimum atomic E-state index is 0.749. The zero-order chi connectivity index (χ0) is 10.6. The normalized spacial score (nSPS) is 32.9. The molecule has 1 aromatic carbocycles. The summed E-state index contributed by atoms with van der Waals surface area (Å²) in [5, 5.41) is 3.53. The van der Waals surface area contributed by atoms with Crippen molar-refractivity contribution < 1.29 is 0 Å². The van der Waals surface area contributed by atoms with Crippen molar-refractivity contribution in [1.29, 1.82) is 0 Å². The van der Waals surface area contributed by atoms with Crippen molar-refractivity contribution >= 4 is 0 Å². The highest BCUT2D eigenvalue weighted by atomic mass is 14.9. The van der Waals surface area contributed by atoms with Gasteiger partial charge in [-0.05, 0) is 54.5 Å². The molecule has 0 radical (unpaired) electrons. The van der Waals surface area contributed by atoms with Gasteiger partial charge in [-0.3, -0.25) is 0 Å². The first-order valence-corrected chi connectivity index (χ1v) is 6.00. The van der Waals surface area contributed by atoms with Gasteiger partial charge in [0.05, 0.1) is 0 Å². The maximum atomic E-state index is 3.53. The van der Waals surface area contributed by atoms with E-state index >= 15 is 0 Å². The summed E-state index contributed by atoms with van der Waals surface area (Å²) in [6.45, 7) is 9.25. The number of aryl methyl sites for hydroxylation is 2. The van der Waals surface area contributed by atoms with Gasteiger partial charge in [-0.2, -0.15) is 0 Å². The molecule has 1 heteroatoms. The molecule has 0 bridgehead atoms. The van der Waals surface area contributed by atoms with E-state index in [0.717, 1.165) is 17.8 Å². The van der Waals surface area contributed by atoms with E-state index in [1.807, 2.05) is 0 Å². The Balaban J connectivity index is 2.15. The largest absolute Gasteiger partial charge is 0.316 e. The minimum Gasteiger partial charge on any atom is -0.316 e. The standard InChI is InChI=1S/C14H19N/c1-8-4-11-10(3)13-6-15-7-14(13)12(11)5-9(8)2/h4-5,10,13-15H,6-7H2,1-3H3. The second kappa shape index (κ2) is 3.08. The zero-order valence-corrected chi connectivity index (χ0v) is 9.80. The minimum absolute atomic E-state index is 0.749. The molecule has 0 saturated carbocycles. The summed E-state index contributed by atoms with van der Waals surface area (Å²) in [7, 11) is 0. The van der Waals surface area contributed by atoms with Crippen molar-refractivity contribution in [3.05, 3.63) is 34.4 Å². The molecule has 1 aliphatic carbocycles. The molecular formula is C14H19N. The highest BCUT2D eigenvalue weighted by molar-refractivity contribution is 5.46. The summed E-state index contributed by atoms with van der Waals surface area (Å²) < 4.78 is 0. The van der Waals surface area contributed by atoms with Crippen molar-refractivity contribution in [3.8, 4) is 0 Å².